The molecule has 2 unspecified atom stereocenters. The Morgan fingerprint density at radius 1 is 0.262 bits per heavy atom. The first-order valence-corrected chi connectivity index (χ1v) is 46.5. The molecule has 0 aliphatic heterocycles. The summed E-state index contributed by atoms with van der Waals surface area (Å²) in [6, 6.07) is 0. The Bertz CT molecular complexity index is 1980. The smallest absolute Gasteiger partial charge is 0.462 e. The highest BCUT2D eigenvalue weighted by atomic mass is 31.2. The van der Waals surface area contributed by atoms with Crippen LogP contribution in [0.15, 0.2) is 0 Å². The third-order valence-electron chi connectivity index (χ3n) is 19.7. The van der Waals surface area contributed by atoms with Crippen LogP contribution in [0.3, 0.4) is 0 Å². The van der Waals surface area contributed by atoms with E-state index in [1.54, 1.807) is 0 Å². The maximum atomic E-state index is 13.1. The first-order valence-electron chi connectivity index (χ1n) is 43.5. The van der Waals surface area contributed by atoms with Crippen LogP contribution in [0.2, 0.25) is 0 Å². The Kier molecular flexibility index (Phi) is 74.1. The number of aliphatic hydroxyl groups is 1. The molecule has 5 atom stereocenters. The van der Waals surface area contributed by atoms with Crippen LogP contribution in [0, 0.1) is 11.8 Å². The largest absolute Gasteiger partial charge is 0.472 e. The van der Waals surface area contributed by atoms with Crippen molar-refractivity contribution < 1.29 is 80.2 Å². The molecule has 0 fully saturated rings. The quantitative estimate of drug-likeness (QED) is 0.0222. The molecule has 19 heteroatoms. The average molecular weight is 1510 g/mol. The number of aliphatic hydroxyl groups excluding tert-OH is 1. The third kappa shape index (κ3) is 78.0. The molecule has 0 radical (unpaired) electrons. The standard InChI is InChI=1S/C84H164O17P2/c1-7-9-11-13-15-17-18-19-20-21-22-23-24-25-26-31-34-37-44-50-56-62-68-83(88)100-80(73-95-82(87)67-61-55-49-43-36-33-30-28-27-29-32-35-41-46-52-58-64-76(3)4)75-99-103(92,93)97-71-78(85)70-96-102(90,91)98-74-79(72-94-81(86)66-60-54-48-40-16-14-12-10-8-2)101-84(89)69-63-57-51-45-39-38-42-47-53-59-65-77(5)6/h76-80,85H,7-75H2,1-6H3,(H,90,91)(H,92,93)/t78-,79+,80+/m0/s1. The molecule has 103 heavy (non-hydrogen) atoms. The summed E-state index contributed by atoms with van der Waals surface area (Å²) in [4.78, 5) is 73.0. The van der Waals surface area contributed by atoms with Crippen LogP contribution in [0.25, 0.3) is 0 Å². The van der Waals surface area contributed by atoms with E-state index in [2.05, 4.69) is 41.5 Å². The van der Waals surface area contributed by atoms with Crippen molar-refractivity contribution in [3.05, 3.63) is 0 Å². The fraction of sp³-hybridized carbons (Fsp3) is 0.952. The second kappa shape index (κ2) is 75.5. The molecule has 0 spiro atoms. The summed E-state index contributed by atoms with van der Waals surface area (Å²) < 4.78 is 68.7. The average Bonchev–Trinajstić information content (AvgIpc) is 0.951. The minimum Gasteiger partial charge on any atom is -0.462 e. The topological polar surface area (TPSA) is 237 Å². The molecule has 0 saturated carbocycles. The first-order chi connectivity index (χ1) is 49.9. The second-order valence-corrected chi connectivity index (χ2v) is 34.1. The third-order valence-corrected chi connectivity index (χ3v) is 21.6. The van der Waals surface area contributed by atoms with Crippen molar-refractivity contribution >= 4 is 39.5 Å². The van der Waals surface area contributed by atoms with Gasteiger partial charge in [-0.2, -0.15) is 0 Å². The zero-order chi connectivity index (χ0) is 75.6. The maximum absolute atomic E-state index is 13.1. The van der Waals surface area contributed by atoms with E-state index in [-0.39, 0.29) is 25.7 Å². The molecular formula is C84H164O17P2. The van der Waals surface area contributed by atoms with Gasteiger partial charge < -0.3 is 33.8 Å². The lowest BCUT2D eigenvalue weighted by Gasteiger charge is -2.21. The molecular weight excluding hydrogens is 1340 g/mol. The number of esters is 4. The first kappa shape index (κ1) is 101. The number of hydrogen-bond donors (Lipinski definition) is 3. The van der Waals surface area contributed by atoms with Crippen molar-refractivity contribution in [2.24, 2.45) is 11.8 Å². The maximum Gasteiger partial charge on any atom is 0.472 e. The van der Waals surface area contributed by atoms with E-state index in [9.17, 15) is 43.2 Å². The second-order valence-electron chi connectivity index (χ2n) is 31.2. The lowest BCUT2D eigenvalue weighted by atomic mass is 10.0. The van der Waals surface area contributed by atoms with E-state index in [4.69, 9.17) is 37.0 Å². The molecule has 0 heterocycles. The van der Waals surface area contributed by atoms with Gasteiger partial charge in [0.2, 0.25) is 0 Å². The van der Waals surface area contributed by atoms with Crippen LogP contribution in [-0.2, 0) is 65.4 Å². The van der Waals surface area contributed by atoms with Crippen LogP contribution in [0.4, 0.5) is 0 Å². The zero-order valence-electron chi connectivity index (χ0n) is 67.6. The fourth-order valence-electron chi connectivity index (χ4n) is 13.1. The number of carbonyl (C=O) groups excluding carboxylic acids is 4. The fourth-order valence-corrected chi connectivity index (χ4v) is 14.6. The predicted molar refractivity (Wildman–Crippen MR) is 423 cm³/mol. The van der Waals surface area contributed by atoms with Gasteiger partial charge in [0.05, 0.1) is 26.4 Å². The van der Waals surface area contributed by atoms with Gasteiger partial charge in [-0.25, -0.2) is 9.13 Å². The highest BCUT2D eigenvalue weighted by Crippen LogP contribution is 2.45. The summed E-state index contributed by atoms with van der Waals surface area (Å²) in [6.07, 6.45) is 66.8. The summed E-state index contributed by atoms with van der Waals surface area (Å²) >= 11 is 0. The van der Waals surface area contributed by atoms with Gasteiger partial charge in [0.1, 0.15) is 19.3 Å². The van der Waals surface area contributed by atoms with E-state index in [1.165, 1.54) is 263 Å². The van der Waals surface area contributed by atoms with E-state index in [0.717, 1.165) is 102 Å². The van der Waals surface area contributed by atoms with Gasteiger partial charge in [-0.1, -0.05) is 395 Å². The van der Waals surface area contributed by atoms with E-state index >= 15 is 0 Å². The number of rotatable bonds is 83. The molecule has 0 aromatic heterocycles. The molecule has 0 aromatic rings. The highest BCUT2D eigenvalue weighted by Gasteiger charge is 2.30. The highest BCUT2D eigenvalue weighted by molar-refractivity contribution is 7.47. The van der Waals surface area contributed by atoms with Crippen molar-refractivity contribution in [3.8, 4) is 0 Å². The number of hydrogen-bond acceptors (Lipinski definition) is 15. The molecule has 612 valence electrons. The molecule has 0 aromatic carbocycles. The zero-order valence-corrected chi connectivity index (χ0v) is 69.4. The van der Waals surface area contributed by atoms with E-state index in [1.807, 2.05) is 0 Å². The normalized spacial score (nSPS) is 13.9. The number of phosphoric ester groups is 2. The minimum absolute atomic E-state index is 0.106. The van der Waals surface area contributed by atoms with Gasteiger partial charge in [-0.15, -0.1) is 0 Å². The van der Waals surface area contributed by atoms with Crippen molar-refractivity contribution in [2.45, 2.75) is 464 Å². The Balaban J connectivity index is 5.19. The Morgan fingerprint density at radius 3 is 0.660 bits per heavy atom. The van der Waals surface area contributed by atoms with Crippen molar-refractivity contribution in [2.75, 3.05) is 39.6 Å². The predicted octanol–water partition coefficient (Wildman–Crippen LogP) is 25.5. The summed E-state index contributed by atoms with van der Waals surface area (Å²) in [5, 5.41) is 10.6. The van der Waals surface area contributed by atoms with E-state index in [0.29, 0.717) is 25.7 Å². The van der Waals surface area contributed by atoms with Gasteiger partial charge >= 0.3 is 39.5 Å². The molecule has 3 N–H and O–H groups in total. The van der Waals surface area contributed by atoms with Gasteiger partial charge in [0.15, 0.2) is 12.2 Å². The summed E-state index contributed by atoms with van der Waals surface area (Å²) in [6.45, 7) is 9.65. The van der Waals surface area contributed by atoms with Gasteiger partial charge in [-0.05, 0) is 37.5 Å². The minimum atomic E-state index is -4.96. The Hall–Kier alpha value is -1.94. The SMILES string of the molecule is CCCCCCCCCCCCCCCCCCCCCCCCC(=O)O[C@H](COC(=O)CCCCCCCCCCCCCCCCCCC(C)C)COP(=O)(O)OC[C@@H](O)COP(=O)(O)OC[C@@H](COC(=O)CCCCCCCCCCC)OC(=O)CCCCCCCCCCCCC(C)C. The summed E-state index contributed by atoms with van der Waals surface area (Å²) in [5.41, 5.74) is 0. The van der Waals surface area contributed by atoms with Crippen LogP contribution in [0.5, 0.6) is 0 Å². The summed E-state index contributed by atoms with van der Waals surface area (Å²) in [7, 11) is -9.92. The lowest BCUT2D eigenvalue weighted by Crippen LogP contribution is -2.30. The number of carbonyl (C=O) groups is 4. The number of unbranched alkanes of at least 4 members (excludes halogenated alkanes) is 53. The molecule has 0 saturated heterocycles. The number of ether oxygens (including phenoxy) is 4. The van der Waals surface area contributed by atoms with Crippen molar-refractivity contribution in [3.63, 3.8) is 0 Å². The van der Waals surface area contributed by atoms with Gasteiger partial charge in [-0.3, -0.25) is 37.3 Å². The van der Waals surface area contributed by atoms with Crippen LogP contribution < -0.4 is 0 Å². The van der Waals surface area contributed by atoms with Crippen molar-refractivity contribution in [1.29, 1.82) is 0 Å². The van der Waals surface area contributed by atoms with Crippen LogP contribution in [0.1, 0.15) is 446 Å². The molecule has 0 rings (SSSR count). The Labute approximate surface area is 632 Å². The van der Waals surface area contributed by atoms with E-state index < -0.39 is 97.5 Å². The Morgan fingerprint density at radius 2 is 0.447 bits per heavy atom. The molecule has 0 aliphatic carbocycles. The van der Waals surface area contributed by atoms with Gasteiger partial charge in [0.25, 0.3) is 0 Å². The monoisotopic (exact) mass is 1510 g/mol. The van der Waals surface area contributed by atoms with Crippen LogP contribution >= 0.6 is 15.6 Å². The summed E-state index contributed by atoms with van der Waals surface area (Å²) in [5.74, 6) is -0.543. The number of phosphoric acid groups is 2. The molecule has 0 amide bonds. The lowest BCUT2D eigenvalue weighted by molar-refractivity contribution is -0.161. The van der Waals surface area contributed by atoms with Crippen molar-refractivity contribution in [1.82, 2.24) is 0 Å². The van der Waals surface area contributed by atoms with Crippen LogP contribution in [-0.4, -0.2) is 96.7 Å². The van der Waals surface area contributed by atoms with Gasteiger partial charge in [0, 0.05) is 25.7 Å². The molecule has 0 bridgehead atoms. The molecule has 0 aliphatic rings. The molecule has 17 nitrogen and oxygen atoms in total.